The summed E-state index contributed by atoms with van der Waals surface area (Å²) in [7, 11) is -3.72. The largest absolute Gasteiger partial charge is 0.321 e. The molecule has 0 aliphatic heterocycles. The smallest absolute Gasteiger partial charge is 0.255 e. The molecule has 0 unspecified atom stereocenters. The van der Waals surface area contributed by atoms with Gasteiger partial charge in [-0.15, -0.1) is 13.2 Å². The van der Waals surface area contributed by atoms with Gasteiger partial charge in [0.25, 0.3) is 5.91 Å². The van der Waals surface area contributed by atoms with E-state index in [2.05, 4.69) is 18.5 Å². The third kappa shape index (κ3) is 4.70. The summed E-state index contributed by atoms with van der Waals surface area (Å²) in [6.45, 7) is 7.44. The zero-order valence-electron chi connectivity index (χ0n) is 14.6. The molecule has 0 bridgehead atoms. The van der Waals surface area contributed by atoms with Gasteiger partial charge in [0.2, 0.25) is 10.0 Å². The first-order chi connectivity index (χ1) is 12.9. The highest BCUT2D eigenvalue weighted by Gasteiger charge is 2.22. The van der Waals surface area contributed by atoms with Crippen molar-refractivity contribution < 1.29 is 13.2 Å². The van der Waals surface area contributed by atoms with Crippen molar-refractivity contribution in [1.29, 1.82) is 5.26 Å². The maximum absolute atomic E-state index is 12.7. The van der Waals surface area contributed by atoms with E-state index in [0.29, 0.717) is 11.3 Å². The Balaban J connectivity index is 2.23. The number of nitriles is 1. The molecular formula is C20H19N3O3S. The number of benzene rings is 2. The van der Waals surface area contributed by atoms with Crippen LogP contribution in [-0.4, -0.2) is 31.7 Å². The lowest BCUT2D eigenvalue weighted by Gasteiger charge is -2.19. The Morgan fingerprint density at radius 2 is 1.67 bits per heavy atom. The normalized spacial score (nSPS) is 10.8. The van der Waals surface area contributed by atoms with E-state index < -0.39 is 15.9 Å². The Hall–Kier alpha value is -3.21. The second-order valence-corrected chi connectivity index (χ2v) is 7.47. The summed E-state index contributed by atoms with van der Waals surface area (Å²) in [4.78, 5) is 12.4. The minimum atomic E-state index is -3.72. The number of carbonyl (C=O) groups is 1. The van der Waals surface area contributed by atoms with Crippen LogP contribution in [0.1, 0.15) is 15.9 Å². The van der Waals surface area contributed by atoms with Crippen LogP contribution in [0.3, 0.4) is 0 Å². The second kappa shape index (κ2) is 8.94. The summed E-state index contributed by atoms with van der Waals surface area (Å²) >= 11 is 0. The van der Waals surface area contributed by atoms with Gasteiger partial charge in [0.05, 0.1) is 16.1 Å². The Morgan fingerprint density at radius 1 is 1.07 bits per heavy atom. The van der Waals surface area contributed by atoms with Crippen LogP contribution in [-0.2, 0) is 10.0 Å². The summed E-state index contributed by atoms with van der Waals surface area (Å²) in [6.07, 6.45) is 2.99. The zero-order valence-corrected chi connectivity index (χ0v) is 15.4. The van der Waals surface area contributed by atoms with E-state index in [1.165, 1.54) is 40.7 Å². The zero-order chi connectivity index (χ0) is 19.9. The first kappa shape index (κ1) is 20.1. The molecule has 1 N–H and O–H groups in total. The molecule has 0 radical (unpaired) electrons. The SMILES string of the molecule is C=CCN(CC=C)S(=O)(=O)c1ccc(C(=O)Nc2ccccc2C#N)cc1. The maximum atomic E-state index is 12.7. The predicted molar refractivity (Wildman–Crippen MR) is 105 cm³/mol. The van der Waals surface area contributed by atoms with Gasteiger partial charge in [-0.2, -0.15) is 9.57 Å². The molecule has 0 aliphatic rings. The van der Waals surface area contributed by atoms with Crippen molar-refractivity contribution in [3.05, 3.63) is 85.0 Å². The molecule has 1 amide bonds. The molecule has 27 heavy (non-hydrogen) atoms. The number of amides is 1. The monoisotopic (exact) mass is 381 g/mol. The molecule has 2 rings (SSSR count). The fourth-order valence-electron chi connectivity index (χ4n) is 2.37. The number of sulfonamides is 1. The van der Waals surface area contributed by atoms with Crippen molar-refractivity contribution >= 4 is 21.6 Å². The summed E-state index contributed by atoms with van der Waals surface area (Å²) in [5.41, 5.74) is 1.01. The number of rotatable bonds is 8. The van der Waals surface area contributed by atoms with Gasteiger partial charge in [-0.1, -0.05) is 24.3 Å². The number of anilines is 1. The van der Waals surface area contributed by atoms with Gasteiger partial charge in [0.1, 0.15) is 6.07 Å². The number of hydrogen-bond acceptors (Lipinski definition) is 4. The second-order valence-electron chi connectivity index (χ2n) is 5.54. The van der Waals surface area contributed by atoms with E-state index in [4.69, 9.17) is 5.26 Å². The Morgan fingerprint density at radius 3 is 2.22 bits per heavy atom. The minimum Gasteiger partial charge on any atom is -0.321 e. The number of carbonyl (C=O) groups excluding carboxylic acids is 1. The topological polar surface area (TPSA) is 90.3 Å². The third-order valence-electron chi connectivity index (χ3n) is 3.72. The van der Waals surface area contributed by atoms with Gasteiger partial charge in [0.15, 0.2) is 0 Å². The molecule has 2 aromatic rings. The van der Waals surface area contributed by atoms with Crippen LogP contribution < -0.4 is 5.32 Å². The highest BCUT2D eigenvalue weighted by molar-refractivity contribution is 7.89. The highest BCUT2D eigenvalue weighted by atomic mass is 32.2. The van der Waals surface area contributed by atoms with Crippen LogP contribution in [0, 0.1) is 11.3 Å². The lowest BCUT2D eigenvalue weighted by molar-refractivity contribution is 0.102. The van der Waals surface area contributed by atoms with Gasteiger partial charge in [-0.3, -0.25) is 4.79 Å². The molecule has 0 saturated carbocycles. The fourth-order valence-corrected chi connectivity index (χ4v) is 3.75. The average Bonchev–Trinajstić information content (AvgIpc) is 2.68. The number of para-hydroxylation sites is 1. The minimum absolute atomic E-state index is 0.0696. The molecule has 2 aromatic carbocycles. The van der Waals surface area contributed by atoms with Crippen molar-refractivity contribution in [1.82, 2.24) is 4.31 Å². The lowest BCUT2D eigenvalue weighted by atomic mass is 10.1. The molecule has 138 valence electrons. The maximum Gasteiger partial charge on any atom is 0.255 e. The standard InChI is InChI=1S/C20H19N3O3S/c1-3-13-23(14-4-2)27(25,26)18-11-9-16(10-12-18)20(24)22-19-8-6-5-7-17(19)15-21/h3-12H,1-2,13-14H2,(H,22,24). The van der Waals surface area contributed by atoms with E-state index in [9.17, 15) is 13.2 Å². The molecule has 6 nitrogen and oxygen atoms in total. The quantitative estimate of drug-likeness (QED) is 0.711. The van der Waals surface area contributed by atoms with Crippen LogP contribution in [0.5, 0.6) is 0 Å². The Kier molecular flexibility index (Phi) is 6.66. The molecule has 7 heteroatoms. The van der Waals surface area contributed by atoms with Gasteiger partial charge >= 0.3 is 0 Å². The van der Waals surface area contributed by atoms with Gasteiger partial charge in [-0.05, 0) is 36.4 Å². The molecular weight excluding hydrogens is 362 g/mol. The Bertz CT molecular complexity index is 980. The van der Waals surface area contributed by atoms with Gasteiger partial charge in [-0.25, -0.2) is 8.42 Å². The van der Waals surface area contributed by atoms with Crippen LogP contribution in [0.4, 0.5) is 5.69 Å². The molecule has 0 heterocycles. The molecule has 0 saturated heterocycles. The van der Waals surface area contributed by atoms with Crippen LogP contribution in [0.25, 0.3) is 0 Å². The van der Waals surface area contributed by atoms with E-state index in [1.807, 2.05) is 6.07 Å². The highest BCUT2D eigenvalue weighted by Crippen LogP contribution is 2.18. The molecule has 0 atom stereocenters. The summed E-state index contributed by atoms with van der Waals surface area (Å²) in [5.74, 6) is -0.435. The van der Waals surface area contributed by atoms with E-state index >= 15 is 0 Å². The van der Waals surface area contributed by atoms with Crippen molar-refractivity contribution in [3.63, 3.8) is 0 Å². The summed E-state index contributed by atoms with van der Waals surface area (Å²) < 4.78 is 26.6. The average molecular weight is 381 g/mol. The fraction of sp³-hybridized carbons (Fsp3) is 0.100. The van der Waals surface area contributed by atoms with E-state index in [1.54, 1.807) is 24.3 Å². The molecule has 0 spiro atoms. The molecule has 0 fully saturated rings. The van der Waals surface area contributed by atoms with Crippen molar-refractivity contribution in [2.45, 2.75) is 4.90 Å². The van der Waals surface area contributed by atoms with Gasteiger partial charge < -0.3 is 5.32 Å². The first-order valence-electron chi connectivity index (χ1n) is 8.06. The lowest BCUT2D eigenvalue weighted by Crippen LogP contribution is -2.31. The predicted octanol–water partition coefficient (Wildman–Crippen LogP) is 3.17. The van der Waals surface area contributed by atoms with Crippen LogP contribution in [0.2, 0.25) is 0 Å². The number of nitrogens with zero attached hydrogens (tertiary/aromatic N) is 2. The summed E-state index contributed by atoms with van der Waals surface area (Å²) in [6, 6.07) is 14.2. The van der Waals surface area contributed by atoms with Crippen LogP contribution >= 0.6 is 0 Å². The summed E-state index contributed by atoms with van der Waals surface area (Å²) in [5, 5.41) is 11.7. The van der Waals surface area contributed by atoms with E-state index in [0.717, 1.165) is 0 Å². The number of hydrogen-bond donors (Lipinski definition) is 1. The van der Waals surface area contributed by atoms with Crippen molar-refractivity contribution in [3.8, 4) is 6.07 Å². The molecule has 0 aliphatic carbocycles. The van der Waals surface area contributed by atoms with Crippen molar-refractivity contribution in [2.24, 2.45) is 0 Å². The van der Waals surface area contributed by atoms with Crippen LogP contribution in [0.15, 0.2) is 78.7 Å². The molecule has 0 aromatic heterocycles. The van der Waals surface area contributed by atoms with Crippen molar-refractivity contribution in [2.75, 3.05) is 18.4 Å². The van der Waals surface area contributed by atoms with Gasteiger partial charge in [0, 0.05) is 18.7 Å². The third-order valence-corrected chi connectivity index (χ3v) is 5.56. The Labute approximate surface area is 159 Å². The van der Waals surface area contributed by atoms with E-state index in [-0.39, 0.29) is 23.5 Å². The number of nitrogens with one attached hydrogen (secondary N) is 1. The first-order valence-corrected chi connectivity index (χ1v) is 9.50.